The Bertz CT molecular complexity index is 605. The molecule has 1 aliphatic heterocycles. The average Bonchev–Trinajstić information content (AvgIpc) is 2.55. The number of alkyl halides is 3. The normalized spacial score (nSPS) is 18.2. The third-order valence-corrected chi connectivity index (χ3v) is 4.14. The molecule has 2 amide bonds. The van der Waals surface area contributed by atoms with E-state index in [4.69, 9.17) is 9.47 Å². The second-order valence-electron chi connectivity index (χ2n) is 5.78. The van der Waals surface area contributed by atoms with E-state index in [0.717, 1.165) is 5.56 Å². The fourth-order valence-corrected chi connectivity index (χ4v) is 2.74. The summed E-state index contributed by atoms with van der Waals surface area (Å²) in [7, 11) is 2.97. The van der Waals surface area contributed by atoms with E-state index < -0.39 is 18.1 Å². The molecule has 1 N–H and O–H groups in total. The molecule has 1 aromatic carbocycles. The molecule has 0 radical (unpaired) electrons. The Morgan fingerprint density at radius 1 is 1.25 bits per heavy atom. The summed E-state index contributed by atoms with van der Waals surface area (Å²) >= 11 is 0. The number of nitrogens with zero attached hydrogens (tertiary/aromatic N) is 1. The van der Waals surface area contributed by atoms with Crippen molar-refractivity contribution in [3.05, 3.63) is 17.7 Å². The number of anilines is 1. The number of rotatable bonds is 3. The largest absolute Gasteiger partial charge is 0.493 e. The van der Waals surface area contributed by atoms with E-state index in [-0.39, 0.29) is 13.0 Å². The van der Waals surface area contributed by atoms with Crippen molar-refractivity contribution in [3.63, 3.8) is 0 Å². The van der Waals surface area contributed by atoms with Gasteiger partial charge in [0.25, 0.3) is 0 Å². The highest BCUT2D eigenvalue weighted by Crippen LogP contribution is 2.35. The Morgan fingerprint density at radius 2 is 1.88 bits per heavy atom. The van der Waals surface area contributed by atoms with Crippen LogP contribution in [0, 0.1) is 12.8 Å². The molecule has 8 heteroatoms. The molecule has 1 fully saturated rings. The summed E-state index contributed by atoms with van der Waals surface area (Å²) < 4.78 is 48.9. The Kier molecular flexibility index (Phi) is 5.46. The molecule has 1 atom stereocenters. The van der Waals surface area contributed by atoms with Gasteiger partial charge in [0.15, 0.2) is 11.5 Å². The number of carbonyl (C=O) groups is 1. The lowest BCUT2D eigenvalue weighted by Crippen LogP contribution is -2.46. The van der Waals surface area contributed by atoms with Crippen LogP contribution >= 0.6 is 0 Å². The van der Waals surface area contributed by atoms with Crippen molar-refractivity contribution in [2.75, 3.05) is 32.6 Å². The third kappa shape index (κ3) is 4.04. The molecule has 0 saturated carbocycles. The van der Waals surface area contributed by atoms with Crippen LogP contribution in [0.15, 0.2) is 12.1 Å². The molecule has 134 valence electrons. The maximum Gasteiger partial charge on any atom is 0.393 e. The van der Waals surface area contributed by atoms with Crippen LogP contribution in [-0.2, 0) is 0 Å². The highest BCUT2D eigenvalue weighted by molar-refractivity contribution is 5.90. The van der Waals surface area contributed by atoms with Crippen LogP contribution in [0.1, 0.15) is 18.4 Å². The standard InChI is InChI=1S/C16H21F3N2O3/c1-10-7-13(23-2)14(24-3)8-12(10)20-15(22)21-6-4-5-11(9-21)16(17,18)19/h7-8,11H,4-6,9H2,1-3H3,(H,20,22)/t11-/m1/s1. The zero-order valence-electron chi connectivity index (χ0n) is 13.9. The zero-order valence-corrected chi connectivity index (χ0v) is 13.9. The van der Waals surface area contributed by atoms with E-state index in [1.807, 2.05) is 0 Å². The summed E-state index contributed by atoms with van der Waals surface area (Å²) in [5, 5.41) is 2.66. The predicted molar refractivity (Wildman–Crippen MR) is 83.7 cm³/mol. The Hall–Kier alpha value is -2.12. The predicted octanol–water partition coefficient (Wildman–Crippen LogP) is 3.82. The maximum atomic E-state index is 12.9. The molecule has 1 heterocycles. The lowest BCUT2D eigenvalue weighted by Gasteiger charge is -2.33. The number of ether oxygens (including phenoxy) is 2. The average molecular weight is 346 g/mol. The molecule has 5 nitrogen and oxygen atoms in total. The van der Waals surface area contributed by atoms with Gasteiger partial charge in [0.1, 0.15) is 0 Å². The number of hydrogen-bond acceptors (Lipinski definition) is 3. The smallest absolute Gasteiger partial charge is 0.393 e. The Balaban J connectivity index is 2.12. The number of aryl methyl sites for hydroxylation is 1. The first-order valence-electron chi connectivity index (χ1n) is 7.61. The molecule has 2 rings (SSSR count). The molecule has 0 aromatic heterocycles. The second kappa shape index (κ2) is 7.19. The fourth-order valence-electron chi connectivity index (χ4n) is 2.74. The number of likely N-dealkylation sites (tertiary alicyclic amines) is 1. The van der Waals surface area contributed by atoms with Gasteiger partial charge in [0.2, 0.25) is 0 Å². The Morgan fingerprint density at radius 3 is 2.46 bits per heavy atom. The van der Waals surface area contributed by atoms with Gasteiger partial charge >= 0.3 is 12.2 Å². The van der Waals surface area contributed by atoms with E-state index in [1.54, 1.807) is 19.1 Å². The lowest BCUT2D eigenvalue weighted by atomic mass is 9.98. The summed E-state index contributed by atoms with van der Waals surface area (Å²) in [5.41, 5.74) is 1.21. The van der Waals surface area contributed by atoms with E-state index in [2.05, 4.69) is 5.32 Å². The molecular formula is C16H21F3N2O3. The molecule has 1 aromatic rings. The van der Waals surface area contributed by atoms with Crippen molar-refractivity contribution in [3.8, 4) is 11.5 Å². The number of halogens is 3. The number of nitrogens with one attached hydrogen (secondary N) is 1. The molecule has 1 aliphatic rings. The fraction of sp³-hybridized carbons (Fsp3) is 0.562. The van der Waals surface area contributed by atoms with Gasteiger partial charge in [0.05, 0.1) is 20.1 Å². The summed E-state index contributed by atoms with van der Waals surface area (Å²) in [6, 6.07) is 2.75. The van der Waals surface area contributed by atoms with Crippen LogP contribution in [0.5, 0.6) is 11.5 Å². The first kappa shape index (κ1) is 18.2. The van der Waals surface area contributed by atoms with Gasteiger partial charge in [-0.05, 0) is 31.4 Å². The molecule has 1 saturated heterocycles. The van der Waals surface area contributed by atoms with Gasteiger partial charge in [-0.3, -0.25) is 0 Å². The highest BCUT2D eigenvalue weighted by Gasteiger charge is 2.42. The number of benzene rings is 1. The summed E-state index contributed by atoms with van der Waals surface area (Å²) in [5.74, 6) is -0.517. The second-order valence-corrected chi connectivity index (χ2v) is 5.78. The number of carbonyl (C=O) groups excluding carboxylic acids is 1. The van der Waals surface area contributed by atoms with Crippen molar-refractivity contribution in [1.29, 1.82) is 0 Å². The van der Waals surface area contributed by atoms with E-state index in [1.165, 1.54) is 19.1 Å². The quantitative estimate of drug-likeness (QED) is 0.905. The lowest BCUT2D eigenvalue weighted by molar-refractivity contribution is -0.183. The van der Waals surface area contributed by atoms with Gasteiger partial charge < -0.3 is 19.7 Å². The SMILES string of the molecule is COc1cc(C)c(NC(=O)N2CCC[C@@H](C(F)(F)F)C2)cc1OC. The van der Waals surface area contributed by atoms with Crippen LogP contribution in [0.4, 0.5) is 23.7 Å². The van der Waals surface area contributed by atoms with Gasteiger partial charge in [-0.2, -0.15) is 13.2 Å². The van der Waals surface area contributed by atoms with E-state index >= 15 is 0 Å². The summed E-state index contributed by atoms with van der Waals surface area (Å²) in [6.07, 6.45) is -3.89. The third-order valence-electron chi connectivity index (χ3n) is 4.14. The molecule has 0 unspecified atom stereocenters. The van der Waals surface area contributed by atoms with E-state index in [9.17, 15) is 18.0 Å². The number of methoxy groups -OCH3 is 2. The van der Waals surface area contributed by atoms with Gasteiger partial charge in [-0.1, -0.05) is 0 Å². The van der Waals surface area contributed by atoms with Crippen LogP contribution in [0.2, 0.25) is 0 Å². The Labute approximate surface area is 138 Å². The monoisotopic (exact) mass is 346 g/mol. The molecule has 0 spiro atoms. The maximum absolute atomic E-state index is 12.9. The van der Waals surface area contributed by atoms with Crippen LogP contribution < -0.4 is 14.8 Å². The van der Waals surface area contributed by atoms with Crippen molar-refractivity contribution >= 4 is 11.7 Å². The minimum atomic E-state index is -4.28. The summed E-state index contributed by atoms with van der Waals surface area (Å²) in [4.78, 5) is 13.5. The minimum Gasteiger partial charge on any atom is -0.493 e. The zero-order chi connectivity index (χ0) is 17.9. The van der Waals surface area contributed by atoms with Crippen molar-refractivity contribution < 1.29 is 27.4 Å². The van der Waals surface area contributed by atoms with Gasteiger partial charge in [-0.15, -0.1) is 0 Å². The number of piperidine rings is 1. The number of urea groups is 1. The van der Waals surface area contributed by atoms with Crippen LogP contribution in [0.3, 0.4) is 0 Å². The first-order chi connectivity index (χ1) is 11.3. The van der Waals surface area contributed by atoms with Crippen molar-refractivity contribution in [2.24, 2.45) is 5.92 Å². The molecular weight excluding hydrogens is 325 g/mol. The molecule has 24 heavy (non-hydrogen) atoms. The minimum absolute atomic E-state index is 0.0582. The highest BCUT2D eigenvalue weighted by atomic mass is 19.4. The first-order valence-corrected chi connectivity index (χ1v) is 7.61. The van der Waals surface area contributed by atoms with Crippen LogP contribution in [-0.4, -0.2) is 44.4 Å². The topological polar surface area (TPSA) is 50.8 Å². The van der Waals surface area contributed by atoms with Crippen molar-refractivity contribution in [2.45, 2.75) is 25.9 Å². The number of hydrogen-bond donors (Lipinski definition) is 1. The van der Waals surface area contributed by atoms with Gasteiger partial charge in [0, 0.05) is 24.8 Å². The number of amides is 2. The summed E-state index contributed by atoms with van der Waals surface area (Å²) in [6.45, 7) is 1.76. The van der Waals surface area contributed by atoms with E-state index in [0.29, 0.717) is 30.2 Å². The molecule has 0 bridgehead atoms. The van der Waals surface area contributed by atoms with Gasteiger partial charge in [-0.25, -0.2) is 4.79 Å². The van der Waals surface area contributed by atoms with Crippen molar-refractivity contribution in [1.82, 2.24) is 4.90 Å². The van der Waals surface area contributed by atoms with Crippen LogP contribution in [0.25, 0.3) is 0 Å². The molecule has 0 aliphatic carbocycles.